The van der Waals surface area contributed by atoms with E-state index in [-0.39, 0.29) is 24.1 Å². The number of hydrogen-bond acceptors (Lipinski definition) is 3. The molecule has 0 spiro atoms. The molecule has 1 unspecified atom stereocenters. The standard InChI is InChI=1S/C18H16F2N2O2/c19-13-5-7-14(8-6-13)22-17(23)11-16(18(22)24)21-10-9-12-3-1-2-4-15(12)20/h1-8,16,21H,9-11H2. The average Bonchev–Trinajstić information content (AvgIpc) is 2.84. The van der Waals surface area contributed by atoms with Crippen molar-refractivity contribution in [3.05, 3.63) is 65.7 Å². The molecular formula is C18H16F2N2O2. The zero-order valence-electron chi connectivity index (χ0n) is 12.8. The van der Waals surface area contributed by atoms with Gasteiger partial charge < -0.3 is 5.32 Å². The molecule has 0 aromatic heterocycles. The normalized spacial score (nSPS) is 17.6. The van der Waals surface area contributed by atoms with E-state index in [0.29, 0.717) is 24.2 Å². The Morgan fingerprint density at radius 1 is 1.04 bits per heavy atom. The Bertz CT molecular complexity index is 762. The third-order valence-corrected chi connectivity index (χ3v) is 3.97. The first-order valence-corrected chi connectivity index (χ1v) is 7.65. The third kappa shape index (κ3) is 3.33. The number of nitrogens with zero attached hydrogens (tertiary/aromatic N) is 1. The van der Waals surface area contributed by atoms with Gasteiger partial charge in [0.15, 0.2) is 0 Å². The lowest BCUT2D eigenvalue weighted by Crippen LogP contribution is -2.39. The van der Waals surface area contributed by atoms with Gasteiger partial charge in [0, 0.05) is 6.54 Å². The van der Waals surface area contributed by atoms with E-state index in [1.807, 2.05) is 0 Å². The quantitative estimate of drug-likeness (QED) is 0.857. The molecule has 1 aliphatic heterocycles. The first-order chi connectivity index (χ1) is 11.6. The molecule has 2 amide bonds. The Labute approximate surface area is 138 Å². The molecule has 124 valence electrons. The summed E-state index contributed by atoms with van der Waals surface area (Å²) >= 11 is 0. The van der Waals surface area contributed by atoms with E-state index in [0.717, 1.165) is 4.90 Å². The van der Waals surface area contributed by atoms with Crippen LogP contribution in [0.4, 0.5) is 14.5 Å². The maximum absolute atomic E-state index is 13.6. The summed E-state index contributed by atoms with van der Waals surface area (Å²) in [6, 6.07) is 11.0. The number of benzene rings is 2. The Balaban J connectivity index is 1.62. The van der Waals surface area contributed by atoms with Crippen LogP contribution in [0.1, 0.15) is 12.0 Å². The second-order valence-electron chi connectivity index (χ2n) is 5.60. The van der Waals surface area contributed by atoms with Gasteiger partial charge in [0.25, 0.3) is 5.91 Å². The molecule has 6 heteroatoms. The predicted octanol–water partition coefficient (Wildman–Crippen LogP) is 2.43. The number of amides is 2. The Kier molecular flexibility index (Phi) is 4.66. The molecule has 1 saturated heterocycles. The van der Waals surface area contributed by atoms with Gasteiger partial charge in [0.05, 0.1) is 18.2 Å². The first kappa shape index (κ1) is 16.3. The molecule has 0 radical (unpaired) electrons. The van der Waals surface area contributed by atoms with Gasteiger partial charge in [-0.25, -0.2) is 13.7 Å². The summed E-state index contributed by atoms with van der Waals surface area (Å²) in [5, 5.41) is 3.00. The number of rotatable bonds is 5. The van der Waals surface area contributed by atoms with Gasteiger partial charge in [-0.15, -0.1) is 0 Å². The monoisotopic (exact) mass is 330 g/mol. The van der Waals surface area contributed by atoms with Crippen LogP contribution in [0.2, 0.25) is 0 Å². The number of halogens is 2. The van der Waals surface area contributed by atoms with Crippen molar-refractivity contribution >= 4 is 17.5 Å². The molecule has 2 aromatic rings. The van der Waals surface area contributed by atoms with E-state index in [2.05, 4.69) is 5.32 Å². The van der Waals surface area contributed by atoms with Crippen molar-refractivity contribution in [1.29, 1.82) is 0 Å². The minimum atomic E-state index is -0.644. The molecule has 0 aliphatic carbocycles. The molecule has 1 N–H and O–H groups in total. The van der Waals surface area contributed by atoms with Crippen molar-refractivity contribution in [2.24, 2.45) is 0 Å². The summed E-state index contributed by atoms with van der Waals surface area (Å²) in [6.45, 7) is 0.377. The van der Waals surface area contributed by atoms with E-state index in [4.69, 9.17) is 0 Å². The van der Waals surface area contributed by atoms with Gasteiger partial charge in [-0.2, -0.15) is 0 Å². The number of anilines is 1. The second-order valence-corrected chi connectivity index (χ2v) is 5.60. The summed E-state index contributed by atoms with van der Waals surface area (Å²) < 4.78 is 26.5. The van der Waals surface area contributed by atoms with Crippen LogP contribution in [-0.2, 0) is 16.0 Å². The van der Waals surface area contributed by atoms with Gasteiger partial charge in [0.2, 0.25) is 5.91 Å². The fourth-order valence-corrected chi connectivity index (χ4v) is 2.74. The second kappa shape index (κ2) is 6.88. The van der Waals surface area contributed by atoms with Crippen LogP contribution in [0.5, 0.6) is 0 Å². The average molecular weight is 330 g/mol. The van der Waals surface area contributed by atoms with E-state index >= 15 is 0 Å². The minimum Gasteiger partial charge on any atom is -0.305 e. The fraction of sp³-hybridized carbons (Fsp3) is 0.222. The summed E-state index contributed by atoms with van der Waals surface area (Å²) in [7, 11) is 0. The van der Waals surface area contributed by atoms with Crippen molar-refractivity contribution < 1.29 is 18.4 Å². The van der Waals surface area contributed by atoms with Gasteiger partial charge >= 0.3 is 0 Å². The molecular weight excluding hydrogens is 314 g/mol. The largest absolute Gasteiger partial charge is 0.305 e. The molecule has 24 heavy (non-hydrogen) atoms. The summed E-state index contributed by atoms with van der Waals surface area (Å²) in [6.07, 6.45) is 0.453. The van der Waals surface area contributed by atoms with Crippen molar-refractivity contribution in [2.75, 3.05) is 11.4 Å². The van der Waals surface area contributed by atoms with Crippen molar-refractivity contribution in [2.45, 2.75) is 18.9 Å². The maximum atomic E-state index is 13.6. The molecule has 3 rings (SSSR count). The van der Waals surface area contributed by atoms with Crippen LogP contribution in [-0.4, -0.2) is 24.4 Å². The van der Waals surface area contributed by atoms with E-state index in [1.54, 1.807) is 18.2 Å². The molecule has 1 aliphatic rings. The lowest BCUT2D eigenvalue weighted by Gasteiger charge is -2.15. The minimum absolute atomic E-state index is 0.0352. The Morgan fingerprint density at radius 2 is 1.75 bits per heavy atom. The Morgan fingerprint density at radius 3 is 2.46 bits per heavy atom. The molecule has 0 bridgehead atoms. The highest BCUT2D eigenvalue weighted by molar-refractivity contribution is 6.22. The zero-order valence-corrected chi connectivity index (χ0v) is 12.8. The number of carbonyl (C=O) groups excluding carboxylic acids is 2. The number of nitrogens with one attached hydrogen (secondary N) is 1. The van der Waals surface area contributed by atoms with E-state index in [1.165, 1.54) is 30.3 Å². The number of carbonyl (C=O) groups is 2. The molecule has 4 nitrogen and oxygen atoms in total. The predicted molar refractivity (Wildman–Crippen MR) is 85.4 cm³/mol. The lowest BCUT2D eigenvalue weighted by molar-refractivity contribution is -0.121. The van der Waals surface area contributed by atoms with Crippen LogP contribution in [0.15, 0.2) is 48.5 Å². The SMILES string of the molecule is O=C1CC(NCCc2ccccc2F)C(=O)N1c1ccc(F)cc1. The molecule has 1 heterocycles. The van der Waals surface area contributed by atoms with Gasteiger partial charge in [0.1, 0.15) is 11.6 Å². The molecule has 0 saturated carbocycles. The van der Waals surface area contributed by atoms with Crippen LogP contribution in [0, 0.1) is 11.6 Å². The van der Waals surface area contributed by atoms with Gasteiger partial charge in [-0.1, -0.05) is 18.2 Å². The summed E-state index contributed by atoms with van der Waals surface area (Å²) in [5.41, 5.74) is 0.905. The van der Waals surface area contributed by atoms with E-state index in [9.17, 15) is 18.4 Å². The fourth-order valence-electron chi connectivity index (χ4n) is 2.74. The van der Waals surface area contributed by atoms with Crippen molar-refractivity contribution in [3.63, 3.8) is 0 Å². The van der Waals surface area contributed by atoms with Crippen LogP contribution < -0.4 is 10.2 Å². The van der Waals surface area contributed by atoms with Crippen LogP contribution in [0.3, 0.4) is 0 Å². The third-order valence-electron chi connectivity index (χ3n) is 3.97. The smallest absolute Gasteiger partial charge is 0.251 e. The summed E-state index contributed by atoms with van der Waals surface area (Å²) in [5.74, 6) is -1.44. The lowest BCUT2D eigenvalue weighted by atomic mass is 10.1. The molecule has 1 fully saturated rings. The molecule has 1 atom stereocenters. The number of hydrogen-bond donors (Lipinski definition) is 1. The topological polar surface area (TPSA) is 49.4 Å². The highest BCUT2D eigenvalue weighted by Crippen LogP contribution is 2.23. The maximum Gasteiger partial charge on any atom is 0.251 e. The highest BCUT2D eigenvalue weighted by Gasteiger charge is 2.39. The Hall–Kier alpha value is -2.60. The van der Waals surface area contributed by atoms with Crippen molar-refractivity contribution in [1.82, 2.24) is 5.32 Å². The van der Waals surface area contributed by atoms with Gasteiger partial charge in [-0.05, 0) is 42.3 Å². The van der Waals surface area contributed by atoms with E-state index < -0.39 is 11.9 Å². The number of imide groups is 1. The van der Waals surface area contributed by atoms with Crippen LogP contribution >= 0.6 is 0 Å². The van der Waals surface area contributed by atoms with Crippen LogP contribution in [0.25, 0.3) is 0 Å². The van der Waals surface area contributed by atoms with Gasteiger partial charge in [-0.3, -0.25) is 9.59 Å². The first-order valence-electron chi connectivity index (χ1n) is 7.65. The summed E-state index contributed by atoms with van der Waals surface area (Å²) in [4.78, 5) is 25.5. The van der Waals surface area contributed by atoms with Crippen molar-refractivity contribution in [3.8, 4) is 0 Å². The highest BCUT2D eigenvalue weighted by atomic mass is 19.1. The molecule has 2 aromatic carbocycles. The zero-order chi connectivity index (χ0) is 17.1.